The lowest BCUT2D eigenvalue weighted by Crippen LogP contribution is -1.84. The average molecular weight is 353 g/mol. The molecule has 0 fully saturated rings. The Morgan fingerprint density at radius 2 is 1.15 bits per heavy atom. The predicted molar refractivity (Wildman–Crippen MR) is 111 cm³/mol. The number of benzene rings is 5. The fraction of sp³-hybridized carbons (Fsp3) is 0. The van der Waals surface area contributed by atoms with E-state index in [0.717, 1.165) is 21.6 Å². The normalized spacial score (nSPS) is 12.0. The van der Waals surface area contributed by atoms with E-state index < -0.39 is 0 Å². The molecule has 0 saturated heterocycles. The molecule has 0 unspecified atom stereocenters. The van der Waals surface area contributed by atoms with E-state index in [2.05, 4.69) is 60.7 Å². The highest BCUT2D eigenvalue weighted by molar-refractivity contribution is 6.36. The molecule has 0 amide bonds. The van der Waals surface area contributed by atoms with Crippen LogP contribution < -0.4 is 0 Å². The number of rotatable bonds is 0. The van der Waals surface area contributed by atoms with Crippen molar-refractivity contribution in [3.8, 4) is 0 Å². The number of fused-ring (bicyclic) bond motifs is 10. The van der Waals surface area contributed by atoms with Crippen LogP contribution in [0.25, 0.3) is 54.3 Å². The molecule has 1 aromatic heterocycles. The van der Waals surface area contributed by atoms with Gasteiger partial charge < -0.3 is 4.42 Å². The molecular weight excluding hydrogens is 340 g/mol. The maximum atomic E-state index is 6.34. The lowest BCUT2D eigenvalue weighted by atomic mass is 9.92. The fourth-order valence-electron chi connectivity index (χ4n) is 4.23. The number of furan rings is 1. The van der Waals surface area contributed by atoms with Crippen molar-refractivity contribution in [2.24, 2.45) is 0 Å². The van der Waals surface area contributed by atoms with Crippen LogP contribution in [0.3, 0.4) is 0 Å². The van der Waals surface area contributed by atoms with E-state index in [9.17, 15) is 0 Å². The first-order chi connectivity index (χ1) is 12.8. The van der Waals surface area contributed by atoms with Gasteiger partial charge in [0.05, 0.1) is 0 Å². The van der Waals surface area contributed by atoms with Crippen molar-refractivity contribution >= 4 is 65.9 Å². The third kappa shape index (κ3) is 1.76. The summed E-state index contributed by atoms with van der Waals surface area (Å²) >= 11 is 6.34. The first-order valence-electron chi connectivity index (χ1n) is 8.65. The van der Waals surface area contributed by atoms with Gasteiger partial charge in [-0.1, -0.05) is 60.1 Å². The summed E-state index contributed by atoms with van der Waals surface area (Å²) in [4.78, 5) is 0. The van der Waals surface area contributed by atoms with E-state index in [1.807, 2.05) is 18.2 Å². The van der Waals surface area contributed by atoms with E-state index >= 15 is 0 Å². The minimum absolute atomic E-state index is 0.756. The molecule has 0 spiro atoms. The zero-order valence-corrected chi connectivity index (χ0v) is 14.5. The summed E-state index contributed by atoms with van der Waals surface area (Å²) < 4.78 is 6.12. The average Bonchev–Trinajstić information content (AvgIpc) is 3.06. The third-order valence-electron chi connectivity index (χ3n) is 5.30. The first kappa shape index (κ1) is 14.2. The van der Waals surface area contributed by atoms with Crippen LogP contribution in [0, 0.1) is 0 Å². The third-order valence-corrected chi connectivity index (χ3v) is 5.54. The zero-order valence-electron chi connectivity index (χ0n) is 13.8. The maximum absolute atomic E-state index is 6.34. The number of para-hydroxylation sites is 1. The number of halogens is 1. The number of hydrogen-bond donors (Lipinski definition) is 0. The molecule has 0 aliphatic rings. The highest BCUT2D eigenvalue weighted by Gasteiger charge is 2.15. The van der Waals surface area contributed by atoms with Gasteiger partial charge in [-0.15, -0.1) is 0 Å². The maximum Gasteiger partial charge on any atom is 0.136 e. The molecule has 0 N–H and O–H groups in total. The van der Waals surface area contributed by atoms with Crippen LogP contribution in [0.15, 0.2) is 83.3 Å². The van der Waals surface area contributed by atoms with E-state index in [4.69, 9.17) is 16.0 Å². The van der Waals surface area contributed by atoms with Gasteiger partial charge >= 0.3 is 0 Å². The lowest BCUT2D eigenvalue weighted by Gasteiger charge is -2.11. The number of hydrogen-bond acceptors (Lipinski definition) is 1. The van der Waals surface area contributed by atoms with Gasteiger partial charge in [0.15, 0.2) is 0 Å². The molecule has 6 rings (SSSR count). The summed E-state index contributed by atoms with van der Waals surface area (Å²) in [7, 11) is 0. The topological polar surface area (TPSA) is 13.1 Å². The van der Waals surface area contributed by atoms with E-state index in [1.165, 1.54) is 37.7 Å². The minimum Gasteiger partial charge on any atom is -0.456 e. The molecule has 0 atom stereocenters. The van der Waals surface area contributed by atoms with Crippen molar-refractivity contribution in [2.45, 2.75) is 0 Å². The summed E-state index contributed by atoms with van der Waals surface area (Å²) in [5.74, 6) is 0. The van der Waals surface area contributed by atoms with Crippen LogP contribution in [0.4, 0.5) is 0 Å². The van der Waals surface area contributed by atoms with Gasteiger partial charge in [-0.25, -0.2) is 0 Å². The molecule has 2 heteroatoms. The fourth-order valence-corrected chi connectivity index (χ4v) is 4.40. The molecule has 0 saturated carbocycles. The predicted octanol–water partition coefficient (Wildman–Crippen LogP) is 7.70. The molecule has 1 heterocycles. The minimum atomic E-state index is 0.756. The van der Waals surface area contributed by atoms with E-state index in [-0.39, 0.29) is 0 Å². The van der Waals surface area contributed by atoms with Gasteiger partial charge in [-0.05, 0) is 57.3 Å². The second-order valence-electron chi connectivity index (χ2n) is 6.69. The van der Waals surface area contributed by atoms with Crippen LogP contribution in [0.2, 0.25) is 5.02 Å². The molecule has 1 nitrogen and oxygen atoms in total. The second-order valence-corrected chi connectivity index (χ2v) is 7.13. The van der Waals surface area contributed by atoms with E-state index in [0.29, 0.717) is 0 Å². The zero-order chi connectivity index (χ0) is 17.3. The summed E-state index contributed by atoms with van der Waals surface area (Å²) in [6.07, 6.45) is 0. The Hall–Kier alpha value is -3.03. The van der Waals surface area contributed by atoms with Crippen molar-refractivity contribution in [3.63, 3.8) is 0 Å². The summed E-state index contributed by atoms with van der Waals surface area (Å²) in [5.41, 5.74) is 1.84. The Morgan fingerprint density at radius 3 is 2.00 bits per heavy atom. The van der Waals surface area contributed by atoms with Crippen molar-refractivity contribution < 1.29 is 4.42 Å². The molecular formula is C24H13ClO. The van der Waals surface area contributed by atoms with Crippen molar-refractivity contribution in [2.75, 3.05) is 0 Å². The van der Waals surface area contributed by atoms with Gasteiger partial charge in [0.25, 0.3) is 0 Å². The smallest absolute Gasteiger partial charge is 0.136 e. The SMILES string of the molecule is Clc1ccc2c(c1)c1ccccc1c1ccc3oc4ccccc4c3c12. The summed E-state index contributed by atoms with van der Waals surface area (Å²) in [6.45, 7) is 0. The van der Waals surface area contributed by atoms with Gasteiger partial charge in [-0.3, -0.25) is 0 Å². The Balaban J connectivity index is 2.04. The lowest BCUT2D eigenvalue weighted by molar-refractivity contribution is 0.669. The van der Waals surface area contributed by atoms with Gasteiger partial charge in [0.1, 0.15) is 11.2 Å². The molecule has 0 aliphatic carbocycles. The Morgan fingerprint density at radius 1 is 0.500 bits per heavy atom. The van der Waals surface area contributed by atoms with Crippen LogP contribution in [0.5, 0.6) is 0 Å². The van der Waals surface area contributed by atoms with E-state index in [1.54, 1.807) is 0 Å². The molecule has 26 heavy (non-hydrogen) atoms. The van der Waals surface area contributed by atoms with Gasteiger partial charge in [0.2, 0.25) is 0 Å². The van der Waals surface area contributed by atoms with Crippen LogP contribution in [0.1, 0.15) is 0 Å². The van der Waals surface area contributed by atoms with Crippen molar-refractivity contribution in [1.29, 1.82) is 0 Å². The molecule has 0 radical (unpaired) electrons. The standard InChI is InChI=1S/C24H13ClO/c25-14-9-10-18-20(13-14)16-6-2-1-5-15(16)17-11-12-22-24(23(17)18)19-7-3-4-8-21(19)26-22/h1-13H. The monoisotopic (exact) mass is 352 g/mol. The molecule has 0 aliphatic heterocycles. The van der Waals surface area contributed by atoms with Crippen LogP contribution in [-0.2, 0) is 0 Å². The molecule has 122 valence electrons. The van der Waals surface area contributed by atoms with Crippen molar-refractivity contribution in [3.05, 3.63) is 83.9 Å². The largest absolute Gasteiger partial charge is 0.456 e. The van der Waals surface area contributed by atoms with Crippen molar-refractivity contribution in [1.82, 2.24) is 0 Å². The highest BCUT2D eigenvalue weighted by atomic mass is 35.5. The van der Waals surface area contributed by atoms with Crippen LogP contribution in [-0.4, -0.2) is 0 Å². The summed E-state index contributed by atoms with van der Waals surface area (Å²) in [6, 6.07) is 27.2. The molecule has 5 aromatic carbocycles. The second kappa shape index (κ2) is 5.00. The van der Waals surface area contributed by atoms with Crippen LogP contribution >= 0.6 is 11.6 Å². The quantitative estimate of drug-likeness (QED) is 0.255. The Labute approximate surface area is 154 Å². The Kier molecular flexibility index (Phi) is 2.72. The Bertz CT molecular complexity index is 1490. The first-order valence-corrected chi connectivity index (χ1v) is 9.03. The summed E-state index contributed by atoms with van der Waals surface area (Å²) in [5, 5.41) is 10.4. The molecule has 6 aromatic rings. The van der Waals surface area contributed by atoms with Gasteiger partial charge in [0, 0.05) is 21.2 Å². The van der Waals surface area contributed by atoms with Gasteiger partial charge in [-0.2, -0.15) is 0 Å². The molecule has 0 bridgehead atoms. The highest BCUT2D eigenvalue weighted by Crippen LogP contribution is 2.42.